The van der Waals surface area contributed by atoms with Crippen molar-refractivity contribution in [1.29, 1.82) is 0 Å². The fourth-order valence-electron chi connectivity index (χ4n) is 3.00. The summed E-state index contributed by atoms with van der Waals surface area (Å²) in [5.41, 5.74) is 1.97. The van der Waals surface area contributed by atoms with Gasteiger partial charge in [0.25, 0.3) is 0 Å². The van der Waals surface area contributed by atoms with Crippen molar-refractivity contribution in [2.75, 3.05) is 18.5 Å². The van der Waals surface area contributed by atoms with E-state index in [0.717, 1.165) is 49.8 Å². The van der Waals surface area contributed by atoms with Crippen LogP contribution in [0.15, 0.2) is 0 Å². The first-order valence-electron chi connectivity index (χ1n) is 8.24. The van der Waals surface area contributed by atoms with Crippen LogP contribution in [0.5, 0.6) is 0 Å². The Morgan fingerprint density at radius 2 is 2.05 bits per heavy atom. The minimum atomic E-state index is -0.332. The number of hydrogen-bond acceptors (Lipinski definition) is 4. The maximum absolute atomic E-state index is 6.01. The molecular formula is C17H29N3O. The SMILES string of the molecule is CCCNc1nc(C2(C)CCCCO2)nc(C)c1C(C)C. The highest BCUT2D eigenvalue weighted by molar-refractivity contribution is 5.48. The summed E-state index contributed by atoms with van der Waals surface area (Å²) < 4.78 is 6.01. The summed E-state index contributed by atoms with van der Waals surface area (Å²) in [4.78, 5) is 9.62. The highest BCUT2D eigenvalue weighted by atomic mass is 16.5. The molecule has 0 radical (unpaired) electrons. The molecule has 0 spiro atoms. The number of aromatic nitrogens is 2. The zero-order valence-corrected chi connectivity index (χ0v) is 14.1. The summed E-state index contributed by atoms with van der Waals surface area (Å²) in [6.07, 6.45) is 4.41. The van der Waals surface area contributed by atoms with E-state index in [0.29, 0.717) is 5.92 Å². The van der Waals surface area contributed by atoms with Gasteiger partial charge in [0, 0.05) is 24.4 Å². The Morgan fingerprint density at radius 3 is 2.62 bits per heavy atom. The van der Waals surface area contributed by atoms with Crippen LogP contribution in [0.3, 0.4) is 0 Å². The van der Waals surface area contributed by atoms with Gasteiger partial charge in [-0.1, -0.05) is 20.8 Å². The molecule has 1 aromatic rings. The summed E-state index contributed by atoms with van der Waals surface area (Å²) >= 11 is 0. The molecule has 0 saturated carbocycles. The van der Waals surface area contributed by atoms with Crippen molar-refractivity contribution < 1.29 is 4.74 Å². The van der Waals surface area contributed by atoms with Gasteiger partial charge in [-0.25, -0.2) is 9.97 Å². The Bertz CT molecular complexity index is 479. The molecule has 0 aromatic carbocycles. The maximum Gasteiger partial charge on any atom is 0.162 e. The quantitative estimate of drug-likeness (QED) is 0.885. The highest BCUT2D eigenvalue weighted by Crippen LogP contribution is 2.35. The molecule has 2 heterocycles. The van der Waals surface area contributed by atoms with E-state index in [9.17, 15) is 0 Å². The van der Waals surface area contributed by atoms with Gasteiger partial charge < -0.3 is 10.1 Å². The Morgan fingerprint density at radius 1 is 1.29 bits per heavy atom. The first-order valence-corrected chi connectivity index (χ1v) is 8.24. The van der Waals surface area contributed by atoms with Gasteiger partial charge in [-0.2, -0.15) is 0 Å². The van der Waals surface area contributed by atoms with Gasteiger partial charge in [0.1, 0.15) is 11.4 Å². The van der Waals surface area contributed by atoms with Crippen molar-refractivity contribution in [3.63, 3.8) is 0 Å². The second-order valence-corrected chi connectivity index (χ2v) is 6.51. The number of hydrogen-bond donors (Lipinski definition) is 1. The molecule has 1 unspecified atom stereocenters. The summed E-state index contributed by atoms with van der Waals surface area (Å²) in [7, 11) is 0. The molecule has 2 rings (SSSR count). The standard InChI is InChI=1S/C17H29N3O/c1-6-10-18-15-14(12(2)3)13(4)19-16(20-15)17(5)9-7-8-11-21-17/h12H,6-11H2,1-5H3,(H,18,19,20). The average molecular weight is 291 g/mol. The fourth-order valence-corrected chi connectivity index (χ4v) is 3.00. The molecule has 1 saturated heterocycles. The minimum absolute atomic E-state index is 0.332. The van der Waals surface area contributed by atoms with Gasteiger partial charge in [-0.15, -0.1) is 0 Å². The lowest BCUT2D eigenvalue weighted by molar-refractivity contribution is -0.0760. The lowest BCUT2D eigenvalue weighted by Gasteiger charge is -2.33. The summed E-state index contributed by atoms with van der Waals surface area (Å²) in [5, 5.41) is 3.48. The maximum atomic E-state index is 6.01. The molecule has 1 aliphatic heterocycles. The first-order chi connectivity index (χ1) is 9.98. The number of aryl methyl sites for hydroxylation is 1. The second kappa shape index (κ2) is 6.73. The lowest BCUT2D eigenvalue weighted by atomic mass is 9.94. The first kappa shape index (κ1) is 16.2. The van der Waals surface area contributed by atoms with E-state index in [1.54, 1.807) is 0 Å². The van der Waals surface area contributed by atoms with E-state index in [2.05, 4.69) is 39.9 Å². The number of anilines is 1. The molecule has 4 heteroatoms. The van der Waals surface area contributed by atoms with Crippen LogP contribution in [-0.2, 0) is 10.3 Å². The molecule has 1 N–H and O–H groups in total. The van der Waals surface area contributed by atoms with Crippen LogP contribution >= 0.6 is 0 Å². The van der Waals surface area contributed by atoms with Crippen LogP contribution in [0.1, 0.15) is 76.4 Å². The number of nitrogens with one attached hydrogen (secondary N) is 1. The Kier molecular flexibility index (Phi) is 5.20. The minimum Gasteiger partial charge on any atom is -0.370 e. The summed E-state index contributed by atoms with van der Waals surface area (Å²) in [5.74, 6) is 2.24. The van der Waals surface area contributed by atoms with Crippen molar-refractivity contribution in [1.82, 2.24) is 9.97 Å². The van der Waals surface area contributed by atoms with Gasteiger partial charge >= 0.3 is 0 Å². The fraction of sp³-hybridized carbons (Fsp3) is 0.765. The average Bonchev–Trinajstić information content (AvgIpc) is 2.44. The molecular weight excluding hydrogens is 262 g/mol. The molecule has 1 atom stereocenters. The molecule has 1 fully saturated rings. The normalized spacial score (nSPS) is 22.6. The third-order valence-corrected chi connectivity index (χ3v) is 4.20. The van der Waals surface area contributed by atoms with E-state index < -0.39 is 0 Å². The van der Waals surface area contributed by atoms with Gasteiger partial charge in [0.05, 0.1) is 0 Å². The van der Waals surface area contributed by atoms with Crippen molar-refractivity contribution >= 4 is 5.82 Å². The monoisotopic (exact) mass is 291 g/mol. The molecule has 0 bridgehead atoms. The highest BCUT2D eigenvalue weighted by Gasteiger charge is 2.34. The van der Waals surface area contributed by atoms with Gasteiger partial charge in [0.15, 0.2) is 5.82 Å². The smallest absolute Gasteiger partial charge is 0.162 e. The van der Waals surface area contributed by atoms with Crippen LogP contribution < -0.4 is 5.32 Å². The van der Waals surface area contributed by atoms with E-state index >= 15 is 0 Å². The van der Waals surface area contributed by atoms with Gasteiger partial charge in [0.2, 0.25) is 0 Å². The summed E-state index contributed by atoms with van der Waals surface area (Å²) in [6, 6.07) is 0. The van der Waals surface area contributed by atoms with Crippen molar-refractivity contribution in [2.24, 2.45) is 0 Å². The number of nitrogens with zero attached hydrogens (tertiary/aromatic N) is 2. The van der Waals surface area contributed by atoms with Crippen LogP contribution in [0, 0.1) is 6.92 Å². The predicted octanol–water partition coefficient (Wildman–Crippen LogP) is 4.15. The molecule has 0 aliphatic carbocycles. The van der Waals surface area contributed by atoms with Gasteiger partial charge in [-0.05, 0) is 45.4 Å². The van der Waals surface area contributed by atoms with Crippen molar-refractivity contribution in [3.05, 3.63) is 17.1 Å². The number of rotatable bonds is 5. The molecule has 21 heavy (non-hydrogen) atoms. The van der Waals surface area contributed by atoms with E-state index in [4.69, 9.17) is 14.7 Å². The van der Waals surface area contributed by atoms with Crippen LogP contribution in [0.2, 0.25) is 0 Å². The second-order valence-electron chi connectivity index (χ2n) is 6.51. The van der Waals surface area contributed by atoms with E-state index in [-0.39, 0.29) is 5.60 Å². The third-order valence-electron chi connectivity index (χ3n) is 4.20. The van der Waals surface area contributed by atoms with Gasteiger partial charge in [-0.3, -0.25) is 0 Å². The van der Waals surface area contributed by atoms with Crippen molar-refractivity contribution in [3.8, 4) is 0 Å². The van der Waals surface area contributed by atoms with Crippen LogP contribution in [0.25, 0.3) is 0 Å². The van der Waals surface area contributed by atoms with Crippen molar-refractivity contribution in [2.45, 2.75) is 71.8 Å². The van der Waals surface area contributed by atoms with Crippen LogP contribution in [0.4, 0.5) is 5.82 Å². The zero-order valence-electron chi connectivity index (χ0n) is 14.1. The molecule has 4 nitrogen and oxygen atoms in total. The topological polar surface area (TPSA) is 47.0 Å². The van der Waals surface area contributed by atoms with E-state index in [1.165, 1.54) is 12.0 Å². The molecule has 1 aliphatic rings. The Labute approximate surface area is 128 Å². The Balaban J connectivity index is 2.41. The largest absolute Gasteiger partial charge is 0.370 e. The third kappa shape index (κ3) is 3.54. The number of ether oxygens (including phenoxy) is 1. The summed E-state index contributed by atoms with van der Waals surface area (Å²) in [6.45, 7) is 12.5. The lowest BCUT2D eigenvalue weighted by Crippen LogP contribution is -2.33. The molecule has 118 valence electrons. The molecule has 0 amide bonds. The van der Waals surface area contributed by atoms with E-state index in [1.807, 2.05) is 0 Å². The predicted molar refractivity (Wildman–Crippen MR) is 86.8 cm³/mol. The zero-order chi connectivity index (χ0) is 15.5. The molecule has 1 aromatic heterocycles. The Hall–Kier alpha value is -1.16. The van der Waals surface area contributed by atoms with Crippen LogP contribution in [-0.4, -0.2) is 23.1 Å².